The molecule has 0 bridgehead atoms. The van der Waals surface area contributed by atoms with Crippen molar-refractivity contribution in [3.8, 4) is 5.75 Å². The van der Waals surface area contributed by atoms with Crippen molar-refractivity contribution < 1.29 is 19.7 Å². The highest BCUT2D eigenvalue weighted by molar-refractivity contribution is 7.99. The van der Waals surface area contributed by atoms with Gasteiger partial charge in [0, 0.05) is 41.2 Å². The van der Waals surface area contributed by atoms with Crippen molar-refractivity contribution in [2.45, 2.75) is 62.7 Å². The van der Waals surface area contributed by atoms with E-state index in [1.54, 1.807) is 13.3 Å². The number of carboxylic acids is 1. The number of halogens is 1. The summed E-state index contributed by atoms with van der Waals surface area (Å²) in [5, 5.41) is 23.0. The summed E-state index contributed by atoms with van der Waals surface area (Å²) < 4.78 is 5.34. The second-order valence-electron chi connectivity index (χ2n) is 9.92. The fourth-order valence-electron chi connectivity index (χ4n) is 5.63. The molecule has 8 heteroatoms. The molecule has 192 valence electrons. The Bertz CT molecular complexity index is 1000. The highest BCUT2D eigenvalue weighted by Gasteiger charge is 2.34. The molecular formula is C27H37ClN2O4S. The molecule has 1 aliphatic heterocycles. The molecular weight excluding hydrogens is 484 g/mol. The van der Waals surface area contributed by atoms with Crippen LogP contribution in [-0.2, 0) is 4.79 Å². The van der Waals surface area contributed by atoms with Gasteiger partial charge in [0.15, 0.2) is 0 Å². The number of aliphatic hydroxyl groups is 1. The monoisotopic (exact) mass is 520 g/mol. The van der Waals surface area contributed by atoms with Crippen molar-refractivity contribution in [3.05, 3.63) is 35.0 Å². The smallest absolute Gasteiger partial charge is 0.308 e. The predicted octanol–water partition coefficient (Wildman–Crippen LogP) is 5.80. The minimum atomic E-state index is -0.792. The van der Waals surface area contributed by atoms with Gasteiger partial charge in [-0.1, -0.05) is 30.9 Å². The van der Waals surface area contributed by atoms with Crippen LogP contribution in [0.5, 0.6) is 5.75 Å². The molecule has 2 aliphatic rings. The van der Waals surface area contributed by atoms with Crippen molar-refractivity contribution in [2.24, 2.45) is 11.8 Å². The van der Waals surface area contributed by atoms with Crippen molar-refractivity contribution >= 4 is 40.2 Å². The van der Waals surface area contributed by atoms with Gasteiger partial charge in [-0.15, -0.1) is 0 Å². The van der Waals surface area contributed by atoms with E-state index in [-0.39, 0.29) is 5.92 Å². The average molecular weight is 521 g/mol. The quantitative estimate of drug-likeness (QED) is 0.409. The van der Waals surface area contributed by atoms with E-state index in [0.717, 1.165) is 41.4 Å². The molecule has 2 N–H and O–H groups in total. The second kappa shape index (κ2) is 12.6. The summed E-state index contributed by atoms with van der Waals surface area (Å²) in [6, 6.07) is 5.53. The van der Waals surface area contributed by atoms with E-state index in [1.807, 2.05) is 18.2 Å². The van der Waals surface area contributed by atoms with Crippen LogP contribution < -0.4 is 4.74 Å². The summed E-state index contributed by atoms with van der Waals surface area (Å²) in [4.78, 5) is 18.8. The Hall–Kier alpha value is -1.54. The lowest BCUT2D eigenvalue weighted by Crippen LogP contribution is -2.44. The number of likely N-dealkylation sites (tertiary alicyclic amines) is 1. The molecule has 1 aliphatic carbocycles. The van der Waals surface area contributed by atoms with E-state index >= 15 is 0 Å². The minimum Gasteiger partial charge on any atom is -0.497 e. The molecule has 0 radical (unpaired) electrons. The van der Waals surface area contributed by atoms with Gasteiger partial charge in [0.25, 0.3) is 0 Å². The van der Waals surface area contributed by atoms with E-state index in [2.05, 4.69) is 21.6 Å². The topological polar surface area (TPSA) is 82.9 Å². The van der Waals surface area contributed by atoms with E-state index in [0.29, 0.717) is 35.7 Å². The van der Waals surface area contributed by atoms with Crippen LogP contribution in [0.2, 0.25) is 5.02 Å². The van der Waals surface area contributed by atoms with Gasteiger partial charge in [-0.3, -0.25) is 9.78 Å². The third-order valence-corrected chi connectivity index (χ3v) is 9.35. The van der Waals surface area contributed by atoms with Gasteiger partial charge in [-0.25, -0.2) is 0 Å². The highest BCUT2D eigenvalue weighted by atomic mass is 35.5. The number of aliphatic hydroxyl groups excluding tert-OH is 1. The van der Waals surface area contributed by atoms with Gasteiger partial charge in [0.1, 0.15) is 5.75 Å². The van der Waals surface area contributed by atoms with E-state index < -0.39 is 18.0 Å². The number of fused-ring (bicyclic) bond motifs is 1. The van der Waals surface area contributed by atoms with Crippen LogP contribution in [0.25, 0.3) is 10.9 Å². The van der Waals surface area contributed by atoms with E-state index in [9.17, 15) is 15.0 Å². The third-order valence-electron chi connectivity index (χ3n) is 7.68. The number of hydrogen-bond acceptors (Lipinski definition) is 6. The van der Waals surface area contributed by atoms with Crippen LogP contribution in [0.3, 0.4) is 0 Å². The fourth-order valence-corrected chi connectivity index (χ4v) is 7.27. The normalized spacial score (nSPS) is 22.8. The van der Waals surface area contributed by atoms with Gasteiger partial charge >= 0.3 is 5.97 Å². The first kappa shape index (κ1) is 26.5. The van der Waals surface area contributed by atoms with Crippen molar-refractivity contribution in [1.82, 2.24) is 9.88 Å². The minimum absolute atomic E-state index is 0.0470. The van der Waals surface area contributed by atoms with Crippen LogP contribution >= 0.6 is 23.4 Å². The molecule has 1 aromatic heterocycles. The molecule has 1 saturated heterocycles. The Morgan fingerprint density at radius 3 is 2.83 bits per heavy atom. The standard InChI is InChI=1S/C27H37ClN2O4S/c1-34-19-8-9-24-21(15-19)26(23(28)16-29-24)25(31)10-7-18-11-12-30(17-22(18)27(32)33)13-14-35-20-5-3-2-4-6-20/h8-9,15-16,18,20,22,25,31H,2-7,10-14,17H2,1H3,(H,32,33). The second-order valence-corrected chi connectivity index (χ2v) is 11.7. The molecule has 0 spiro atoms. The number of benzene rings is 1. The number of pyridine rings is 1. The first-order valence-corrected chi connectivity index (χ1v) is 14.3. The largest absolute Gasteiger partial charge is 0.497 e. The molecule has 2 fully saturated rings. The zero-order valence-electron chi connectivity index (χ0n) is 20.5. The average Bonchev–Trinajstić information content (AvgIpc) is 2.87. The number of carbonyl (C=O) groups is 1. The molecule has 35 heavy (non-hydrogen) atoms. The fraction of sp³-hybridized carbons (Fsp3) is 0.630. The summed E-state index contributed by atoms with van der Waals surface area (Å²) in [6.45, 7) is 2.48. The van der Waals surface area contributed by atoms with Crippen LogP contribution in [0.4, 0.5) is 0 Å². The predicted molar refractivity (Wildman–Crippen MR) is 143 cm³/mol. The van der Waals surface area contributed by atoms with Crippen LogP contribution in [0.1, 0.15) is 63.0 Å². The molecule has 3 atom stereocenters. The zero-order chi connectivity index (χ0) is 24.8. The first-order valence-electron chi connectivity index (χ1n) is 12.8. The van der Waals surface area contributed by atoms with Gasteiger partial charge in [0.05, 0.1) is 29.7 Å². The Morgan fingerprint density at radius 1 is 1.29 bits per heavy atom. The highest BCUT2D eigenvalue weighted by Crippen LogP contribution is 2.37. The zero-order valence-corrected chi connectivity index (χ0v) is 22.1. The summed E-state index contributed by atoms with van der Waals surface area (Å²) in [5.74, 6) is 0.671. The maximum absolute atomic E-state index is 12.1. The SMILES string of the molecule is COc1ccc2ncc(Cl)c(C(O)CCC3CCN(CCSC4CCCCC4)CC3C(=O)O)c2c1. The van der Waals surface area contributed by atoms with Gasteiger partial charge < -0.3 is 19.8 Å². The van der Waals surface area contributed by atoms with Crippen molar-refractivity contribution in [1.29, 1.82) is 0 Å². The molecule has 1 aromatic carbocycles. The Labute approximate surface area is 217 Å². The van der Waals surface area contributed by atoms with Crippen molar-refractivity contribution in [3.63, 3.8) is 0 Å². The van der Waals surface area contributed by atoms with Crippen LogP contribution in [-0.4, -0.2) is 63.8 Å². The van der Waals surface area contributed by atoms with Crippen LogP contribution in [0.15, 0.2) is 24.4 Å². The molecule has 1 saturated carbocycles. The maximum atomic E-state index is 12.1. The molecule has 6 nitrogen and oxygen atoms in total. The Balaban J connectivity index is 1.34. The molecule has 2 aromatic rings. The summed E-state index contributed by atoms with van der Waals surface area (Å²) in [6.07, 6.45) is 9.46. The summed E-state index contributed by atoms with van der Waals surface area (Å²) in [5.41, 5.74) is 1.38. The number of piperidine rings is 1. The summed E-state index contributed by atoms with van der Waals surface area (Å²) in [7, 11) is 1.60. The van der Waals surface area contributed by atoms with E-state index in [1.165, 1.54) is 32.1 Å². The number of aromatic nitrogens is 1. The number of rotatable bonds is 10. The van der Waals surface area contributed by atoms with Gasteiger partial charge in [-0.2, -0.15) is 11.8 Å². The molecule has 2 heterocycles. The number of carboxylic acid groups (broad SMARTS) is 1. The number of hydrogen-bond donors (Lipinski definition) is 2. The van der Waals surface area contributed by atoms with Gasteiger partial charge in [0.2, 0.25) is 0 Å². The lowest BCUT2D eigenvalue weighted by Gasteiger charge is -2.37. The van der Waals surface area contributed by atoms with Gasteiger partial charge in [-0.05, 0) is 62.8 Å². The number of methoxy groups -OCH3 is 1. The Morgan fingerprint density at radius 2 is 2.09 bits per heavy atom. The Kier molecular flexibility index (Phi) is 9.56. The first-order chi connectivity index (χ1) is 17.0. The summed E-state index contributed by atoms with van der Waals surface area (Å²) >= 11 is 8.52. The molecule has 3 unspecified atom stereocenters. The van der Waals surface area contributed by atoms with Crippen LogP contribution in [0, 0.1) is 11.8 Å². The number of ether oxygens (including phenoxy) is 1. The molecule has 0 amide bonds. The number of aliphatic carboxylic acids is 1. The lowest BCUT2D eigenvalue weighted by molar-refractivity contribution is -0.146. The number of nitrogens with zero attached hydrogens (tertiary/aromatic N) is 2. The maximum Gasteiger partial charge on any atom is 0.308 e. The third kappa shape index (κ3) is 6.82. The number of thioether (sulfide) groups is 1. The lowest BCUT2D eigenvalue weighted by atomic mass is 9.81. The molecule has 4 rings (SSSR count). The van der Waals surface area contributed by atoms with Crippen molar-refractivity contribution in [2.75, 3.05) is 32.5 Å². The van der Waals surface area contributed by atoms with E-state index in [4.69, 9.17) is 16.3 Å².